The standard InChI is InChI=1S/C19H22N2O5S/c20-19(13-3-8-27-12-13,11-15(22)10-18(24)25)16-2-1-14(9-17(16)23)21-4-6-26-7-5-21/h1-3,8-9,12,23H,4-7,10-11,20H2,(H,24,25). The number of ketones is 1. The summed E-state index contributed by atoms with van der Waals surface area (Å²) in [6.07, 6.45) is -0.809. The second-order valence-corrected chi connectivity index (χ2v) is 7.35. The number of benzene rings is 1. The van der Waals surface area contributed by atoms with Gasteiger partial charge in [-0.3, -0.25) is 9.59 Å². The minimum Gasteiger partial charge on any atom is -0.508 e. The van der Waals surface area contributed by atoms with Crippen molar-refractivity contribution < 1.29 is 24.5 Å². The van der Waals surface area contributed by atoms with Gasteiger partial charge in [-0.15, -0.1) is 0 Å². The molecule has 1 aromatic heterocycles. The number of aliphatic carboxylic acids is 1. The van der Waals surface area contributed by atoms with Crippen LogP contribution >= 0.6 is 11.3 Å². The van der Waals surface area contributed by atoms with E-state index in [1.807, 2.05) is 16.8 Å². The van der Waals surface area contributed by atoms with Crippen LogP contribution in [0.4, 0.5) is 5.69 Å². The number of carboxylic acid groups (broad SMARTS) is 1. The van der Waals surface area contributed by atoms with Crippen molar-refractivity contribution in [2.45, 2.75) is 18.4 Å². The number of phenolic OH excluding ortho intramolecular Hbond substituents is 1. The topological polar surface area (TPSA) is 113 Å². The minimum absolute atomic E-state index is 0.0178. The average molecular weight is 390 g/mol. The molecule has 0 bridgehead atoms. The number of ether oxygens (including phenoxy) is 1. The molecule has 1 aliphatic rings. The number of nitrogens with two attached hydrogens (primary N) is 1. The molecular weight excluding hydrogens is 368 g/mol. The van der Waals surface area contributed by atoms with Gasteiger partial charge in [0.25, 0.3) is 0 Å². The van der Waals surface area contributed by atoms with E-state index < -0.39 is 23.7 Å². The van der Waals surface area contributed by atoms with E-state index >= 15 is 0 Å². The van der Waals surface area contributed by atoms with E-state index in [2.05, 4.69) is 4.90 Å². The molecule has 0 saturated carbocycles. The molecular formula is C19H22N2O5S. The first kappa shape index (κ1) is 19.3. The van der Waals surface area contributed by atoms with Crippen LogP contribution in [0.2, 0.25) is 0 Å². The molecule has 0 amide bonds. The van der Waals surface area contributed by atoms with E-state index in [-0.39, 0.29) is 12.2 Å². The Hall–Kier alpha value is -2.42. The Morgan fingerprint density at radius 3 is 2.59 bits per heavy atom. The van der Waals surface area contributed by atoms with Crippen LogP contribution in [0.25, 0.3) is 0 Å². The predicted octanol–water partition coefficient (Wildman–Crippen LogP) is 1.93. The summed E-state index contributed by atoms with van der Waals surface area (Å²) in [6, 6.07) is 6.99. The van der Waals surface area contributed by atoms with E-state index in [4.69, 9.17) is 15.6 Å². The molecule has 1 atom stereocenters. The highest BCUT2D eigenvalue weighted by Crippen LogP contribution is 2.39. The van der Waals surface area contributed by atoms with Gasteiger partial charge < -0.3 is 25.6 Å². The van der Waals surface area contributed by atoms with Gasteiger partial charge in [0.05, 0.1) is 18.8 Å². The van der Waals surface area contributed by atoms with Crippen molar-refractivity contribution >= 4 is 28.8 Å². The van der Waals surface area contributed by atoms with Crippen LogP contribution in [0.5, 0.6) is 5.75 Å². The zero-order valence-electron chi connectivity index (χ0n) is 14.8. The van der Waals surface area contributed by atoms with Crippen LogP contribution in [-0.4, -0.2) is 48.3 Å². The van der Waals surface area contributed by atoms with Gasteiger partial charge in [-0.2, -0.15) is 11.3 Å². The molecule has 1 unspecified atom stereocenters. The maximum atomic E-state index is 12.2. The number of thiophene rings is 1. The Balaban J connectivity index is 1.94. The van der Waals surface area contributed by atoms with Crippen molar-refractivity contribution in [1.82, 2.24) is 0 Å². The Morgan fingerprint density at radius 2 is 2.00 bits per heavy atom. The first-order valence-electron chi connectivity index (χ1n) is 8.61. The molecule has 1 fully saturated rings. The summed E-state index contributed by atoms with van der Waals surface area (Å²) >= 11 is 1.42. The number of hydrogen-bond donors (Lipinski definition) is 3. The van der Waals surface area contributed by atoms with E-state index in [9.17, 15) is 14.7 Å². The molecule has 8 heteroatoms. The van der Waals surface area contributed by atoms with Gasteiger partial charge in [0.1, 0.15) is 18.0 Å². The fourth-order valence-electron chi connectivity index (χ4n) is 3.33. The molecule has 0 aliphatic carbocycles. The van der Waals surface area contributed by atoms with Crippen LogP contribution in [-0.2, 0) is 19.9 Å². The molecule has 0 spiro atoms. The fraction of sp³-hybridized carbons (Fsp3) is 0.368. The molecule has 27 heavy (non-hydrogen) atoms. The van der Waals surface area contributed by atoms with E-state index in [1.54, 1.807) is 18.2 Å². The number of carboxylic acids is 1. The third-order valence-electron chi connectivity index (χ3n) is 4.70. The second kappa shape index (κ2) is 8.08. The van der Waals surface area contributed by atoms with Crippen molar-refractivity contribution in [3.8, 4) is 5.75 Å². The third kappa shape index (κ3) is 4.29. The molecule has 3 rings (SSSR count). The summed E-state index contributed by atoms with van der Waals surface area (Å²) in [5, 5.41) is 23.2. The first-order chi connectivity index (χ1) is 12.9. The van der Waals surface area contributed by atoms with Crippen LogP contribution < -0.4 is 10.6 Å². The Morgan fingerprint density at radius 1 is 1.26 bits per heavy atom. The summed E-state index contributed by atoms with van der Waals surface area (Å²) < 4.78 is 5.35. The van der Waals surface area contributed by atoms with Crippen molar-refractivity contribution in [3.63, 3.8) is 0 Å². The number of morpholine rings is 1. The Labute approximate surface area is 161 Å². The average Bonchev–Trinajstić information content (AvgIpc) is 3.17. The van der Waals surface area contributed by atoms with Gasteiger partial charge in [-0.1, -0.05) is 6.07 Å². The van der Waals surface area contributed by atoms with Crippen molar-refractivity contribution in [3.05, 3.63) is 46.2 Å². The van der Waals surface area contributed by atoms with Crippen molar-refractivity contribution in [2.24, 2.45) is 5.73 Å². The van der Waals surface area contributed by atoms with Crippen LogP contribution in [0.1, 0.15) is 24.0 Å². The summed E-state index contributed by atoms with van der Waals surface area (Å²) in [5.41, 5.74) is 7.22. The van der Waals surface area contributed by atoms with Crippen LogP contribution in [0, 0.1) is 0 Å². The SMILES string of the molecule is NC(CC(=O)CC(=O)O)(c1ccsc1)c1ccc(N2CCOCC2)cc1O. The number of carbonyl (C=O) groups is 2. The number of hydrogen-bond acceptors (Lipinski definition) is 7. The van der Waals surface area contributed by atoms with Gasteiger partial charge >= 0.3 is 5.97 Å². The van der Waals surface area contributed by atoms with Gasteiger partial charge in [0.15, 0.2) is 0 Å². The largest absolute Gasteiger partial charge is 0.508 e. The van der Waals surface area contributed by atoms with Crippen LogP contribution in [0.15, 0.2) is 35.0 Å². The number of aromatic hydroxyl groups is 1. The zero-order chi connectivity index (χ0) is 19.4. The quantitative estimate of drug-likeness (QED) is 0.619. The molecule has 144 valence electrons. The molecule has 0 radical (unpaired) electrons. The molecule has 1 aromatic carbocycles. The summed E-state index contributed by atoms with van der Waals surface area (Å²) in [7, 11) is 0. The lowest BCUT2D eigenvalue weighted by atomic mass is 9.80. The van der Waals surface area contributed by atoms with Crippen LogP contribution in [0.3, 0.4) is 0 Å². The Bertz CT molecular complexity index is 818. The molecule has 1 aliphatic heterocycles. The predicted molar refractivity (Wildman–Crippen MR) is 102 cm³/mol. The van der Waals surface area contributed by atoms with E-state index in [1.165, 1.54) is 11.3 Å². The number of Topliss-reactive ketones (excluding diaryl/α,β-unsaturated/α-hetero) is 1. The Kier molecular flexibility index (Phi) is 5.79. The molecule has 2 aromatic rings. The van der Waals surface area contributed by atoms with Crippen molar-refractivity contribution in [1.29, 1.82) is 0 Å². The molecule has 1 saturated heterocycles. The highest BCUT2D eigenvalue weighted by Gasteiger charge is 2.35. The smallest absolute Gasteiger partial charge is 0.310 e. The highest BCUT2D eigenvalue weighted by molar-refractivity contribution is 7.08. The number of rotatable bonds is 7. The number of phenols is 1. The maximum absolute atomic E-state index is 12.2. The van der Waals surface area contributed by atoms with E-state index in [0.717, 1.165) is 18.8 Å². The molecule has 4 N–H and O–H groups in total. The molecule has 7 nitrogen and oxygen atoms in total. The summed E-state index contributed by atoms with van der Waals surface area (Å²) in [5.74, 6) is -1.71. The highest BCUT2D eigenvalue weighted by atomic mass is 32.1. The zero-order valence-corrected chi connectivity index (χ0v) is 15.6. The van der Waals surface area contributed by atoms with Gasteiger partial charge in [0.2, 0.25) is 0 Å². The maximum Gasteiger partial charge on any atom is 0.310 e. The lowest BCUT2D eigenvalue weighted by molar-refractivity contribution is -0.140. The summed E-state index contributed by atoms with van der Waals surface area (Å²) in [4.78, 5) is 25.2. The normalized spacial score (nSPS) is 16.7. The van der Waals surface area contributed by atoms with Gasteiger partial charge in [0, 0.05) is 36.8 Å². The summed E-state index contributed by atoms with van der Waals surface area (Å²) in [6.45, 7) is 2.71. The number of nitrogens with zero attached hydrogens (tertiary/aromatic N) is 1. The molecule has 2 heterocycles. The third-order valence-corrected chi connectivity index (χ3v) is 5.38. The van der Waals surface area contributed by atoms with E-state index in [0.29, 0.717) is 24.3 Å². The fourth-order valence-corrected chi connectivity index (χ4v) is 4.07. The lowest BCUT2D eigenvalue weighted by Crippen LogP contribution is -2.40. The second-order valence-electron chi connectivity index (χ2n) is 6.57. The lowest BCUT2D eigenvalue weighted by Gasteiger charge is -2.32. The number of anilines is 1. The monoisotopic (exact) mass is 390 g/mol. The van der Waals surface area contributed by atoms with Gasteiger partial charge in [-0.25, -0.2) is 0 Å². The first-order valence-corrected chi connectivity index (χ1v) is 9.55. The minimum atomic E-state index is -1.29. The number of carbonyl (C=O) groups excluding carboxylic acids is 1. The van der Waals surface area contributed by atoms with Gasteiger partial charge in [-0.05, 0) is 28.5 Å². The van der Waals surface area contributed by atoms with Crippen molar-refractivity contribution in [2.75, 3.05) is 31.2 Å².